The fourth-order valence-corrected chi connectivity index (χ4v) is 2.50. The van der Waals surface area contributed by atoms with Crippen LogP contribution in [0.5, 0.6) is 0 Å². The Bertz CT molecular complexity index is 543. The molecule has 0 amide bonds. The highest BCUT2D eigenvalue weighted by Gasteiger charge is 2.16. The first-order valence-electron chi connectivity index (χ1n) is 4.55. The van der Waals surface area contributed by atoms with Crippen molar-refractivity contribution in [3.8, 4) is 0 Å². The highest BCUT2D eigenvalue weighted by atomic mass is 32.2. The lowest BCUT2D eigenvalue weighted by atomic mass is 10.1. The molecule has 0 bridgehead atoms. The molecule has 2 aromatic rings. The molecule has 2 N–H and O–H groups in total. The van der Waals surface area contributed by atoms with Crippen molar-refractivity contribution in [3.63, 3.8) is 0 Å². The van der Waals surface area contributed by atoms with Crippen molar-refractivity contribution in [3.05, 3.63) is 42.0 Å². The van der Waals surface area contributed by atoms with Crippen LogP contribution < -0.4 is 0 Å². The Balaban J connectivity index is 0.000000853. The van der Waals surface area contributed by atoms with Crippen LogP contribution in [0.15, 0.2) is 41.4 Å². The third-order valence-corrected chi connectivity index (χ3v) is 3.23. The van der Waals surface area contributed by atoms with Crippen LogP contribution in [0.3, 0.4) is 0 Å². The van der Waals surface area contributed by atoms with E-state index < -0.39 is 0 Å². The van der Waals surface area contributed by atoms with Crippen molar-refractivity contribution in [1.29, 1.82) is 0 Å². The first-order chi connectivity index (χ1) is 6.90. The lowest BCUT2D eigenvalue weighted by Crippen LogP contribution is -1.88. The van der Waals surface area contributed by atoms with Crippen molar-refractivity contribution >= 4 is 33.3 Å². The second-order valence-corrected chi connectivity index (χ2v) is 4.10. The summed E-state index contributed by atoms with van der Waals surface area (Å²) in [6.07, 6.45) is 2.07. The number of thioether (sulfide) groups is 1. The second-order valence-electron chi connectivity index (χ2n) is 3.30. The Morgan fingerprint density at radius 1 is 1.07 bits per heavy atom. The summed E-state index contributed by atoms with van der Waals surface area (Å²) in [4.78, 5) is 4.59. The summed E-state index contributed by atoms with van der Waals surface area (Å²) in [5, 5.41) is 3.73. The van der Waals surface area contributed by atoms with E-state index in [-0.39, 0.29) is 5.48 Å². The van der Waals surface area contributed by atoms with Gasteiger partial charge in [-0.15, -0.1) is 11.8 Å². The van der Waals surface area contributed by atoms with Gasteiger partial charge in [0.1, 0.15) is 5.04 Å². The number of benzene rings is 2. The van der Waals surface area contributed by atoms with E-state index in [1.54, 1.807) is 11.8 Å². The molecule has 3 rings (SSSR count). The van der Waals surface area contributed by atoms with Crippen LogP contribution in [0.2, 0.25) is 0 Å². The van der Waals surface area contributed by atoms with Gasteiger partial charge in [-0.25, -0.2) is 4.99 Å². The maximum Gasteiger partial charge on any atom is 0.104 e. The quantitative estimate of drug-likeness (QED) is 0.669. The molecule has 1 heterocycles. The monoisotopic (exact) mass is 217 g/mol. The zero-order valence-corrected chi connectivity index (χ0v) is 9.14. The van der Waals surface area contributed by atoms with Crippen molar-refractivity contribution in [2.24, 2.45) is 4.99 Å². The molecule has 1 aliphatic rings. The van der Waals surface area contributed by atoms with E-state index >= 15 is 0 Å². The maximum absolute atomic E-state index is 4.59. The highest BCUT2D eigenvalue weighted by molar-refractivity contribution is 8.13. The molecule has 0 spiro atoms. The fourth-order valence-electron chi connectivity index (χ4n) is 1.92. The summed E-state index contributed by atoms with van der Waals surface area (Å²) in [6, 6.07) is 12.7. The van der Waals surface area contributed by atoms with E-state index in [0.717, 1.165) is 10.7 Å². The Hall–Kier alpha value is -1.32. The molecule has 0 fully saturated rings. The van der Waals surface area contributed by atoms with Crippen LogP contribution >= 0.6 is 11.8 Å². The lowest BCUT2D eigenvalue weighted by Gasteiger charge is -2.00. The van der Waals surface area contributed by atoms with E-state index in [1.807, 2.05) is 0 Å². The van der Waals surface area contributed by atoms with E-state index in [1.165, 1.54) is 16.3 Å². The third kappa shape index (κ3) is 1.35. The second kappa shape index (κ2) is 3.68. The van der Waals surface area contributed by atoms with Crippen LogP contribution in [0.1, 0.15) is 5.56 Å². The molecule has 0 atom stereocenters. The molecule has 3 heteroatoms. The van der Waals surface area contributed by atoms with Gasteiger partial charge in [0.05, 0.1) is 5.69 Å². The van der Waals surface area contributed by atoms with Crippen molar-refractivity contribution in [2.75, 3.05) is 6.26 Å². The molecular weight excluding hydrogens is 206 g/mol. The average Bonchev–Trinajstić information content (AvgIpc) is 2.60. The first kappa shape index (κ1) is 10.2. The molecule has 0 radical (unpaired) electrons. The van der Waals surface area contributed by atoms with Gasteiger partial charge in [0, 0.05) is 10.9 Å². The Kier molecular flexibility index (Phi) is 2.50. The van der Waals surface area contributed by atoms with Gasteiger partial charge in [-0.05, 0) is 17.7 Å². The average molecular weight is 217 g/mol. The molecule has 2 aromatic carbocycles. The first-order valence-corrected chi connectivity index (χ1v) is 5.77. The summed E-state index contributed by atoms with van der Waals surface area (Å²) in [7, 11) is 0. The molecule has 0 saturated carbocycles. The van der Waals surface area contributed by atoms with Crippen LogP contribution in [-0.4, -0.2) is 16.8 Å². The van der Waals surface area contributed by atoms with Crippen LogP contribution in [-0.2, 0) is 0 Å². The molecule has 1 aliphatic heterocycles. The minimum Gasteiger partial charge on any atom is -0.412 e. The van der Waals surface area contributed by atoms with Gasteiger partial charge in [-0.3, -0.25) is 0 Å². The van der Waals surface area contributed by atoms with Crippen molar-refractivity contribution in [2.45, 2.75) is 0 Å². The Morgan fingerprint density at radius 3 is 2.53 bits per heavy atom. The predicted molar refractivity (Wildman–Crippen MR) is 67.3 cm³/mol. The number of aliphatic imine (C=N–C) groups is 1. The number of hydrogen-bond acceptors (Lipinski definition) is 2. The zero-order valence-electron chi connectivity index (χ0n) is 8.32. The number of hydrogen-bond donors (Lipinski definition) is 0. The zero-order chi connectivity index (χ0) is 9.54. The van der Waals surface area contributed by atoms with Gasteiger partial charge in [-0.2, -0.15) is 0 Å². The minimum atomic E-state index is 0. The van der Waals surface area contributed by atoms with Gasteiger partial charge >= 0.3 is 0 Å². The standard InChI is InChI=1S/C12H9NS.H2O/c1-14-12-9-6-2-4-8-5-3-7-10(13-12)11(8)9;/h2-7H,1H3;1H2. The summed E-state index contributed by atoms with van der Waals surface area (Å²) in [5.74, 6) is 0. The maximum atomic E-state index is 4.59. The Morgan fingerprint density at radius 2 is 1.80 bits per heavy atom. The summed E-state index contributed by atoms with van der Waals surface area (Å²) in [6.45, 7) is 0. The van der Waals surface area contributed by atoms with Gasteiger partial charge in [0.2, 0.25) is 0 Å². The molecule has 76 valence electrons. The molecule has 0 unspecified atom stereocenters. The molecule has 0 aliphatic carbocycles. The van der Waals surface area contributed by atoms with Crippen LogP contribution in [0, 0.1) is 0 Å². The molecule has 0 aromatic heterocycles. The van der Waals surface area contributed by atoms with Gasteiger partial charge in [-0.1, -0.05) is 30.3 Å². The normalized spacial score (nSPS) is 12.5. The Labute approximate surface area is 92.3 Å². The van der Waals surface area contributed by atoms with Crippen LogP contribution in [0.25, 0.3) is 10.8 Å². The van der Waals surface area contributed by atoms with E-state index in [9.17, 15) is 0 Å². The summed E-state index contributed by atoms with van der Waals surface area (Å²) < 4.78 is 0. The van der Waals surface area contributed by atoms with E-state index in [4.69, 9.17) is 0 Å². The van der Waals surface area contributed by atoms with Gasteiger partial charge in [0.15, 0.2) is 0 Å². The molecular formula is C12H11NOS. The van der Waals surface area contributed by atoms with Crippen LogP contribution in [0.4, 0.5) is 5.69 Å². The molecule has 0 saturated heterocycles. The smallest absolute Gasteiger partial charge is 0.104 e. The molecule has 15 heavy (non-hydrogen) atoms. The van der Waals surface area contributed by atoms with E-state index in [2.05, 4.69) is 47.6 Å². The van der Waals surface area contributed by atoms with Crippen molar-refractivity contribution < 1.29 is 5.48 Å². The largest absolute Gasteiger partial charge is 0.412 e. The molecule has 2 nitrogen and oxygen atoms in total. The van der Waals surface area contributed by atoms with Gasteiger partial charge in [0.25, 0.3) is 0 Å². The third-order valence-electron chi connectivity index (χ3n) is 2.53. The topological polar surface area (TPSA) is 43.9 Å². The lowest BCUT2D eigenvalue weighted by molar-refractivity contribution is 0.824. The number of nitrogens with zero attached hydrogens (tertiary/aromatic N) is 1. The van der Waals surface area contributed by atoms with E-state index in [0.29, 0.717) is 0 Å². The summed E-state index contributed by atoms with van der Waals surface area (Å²) >= 11 is 1.71. The number of rotatable bonds is 0. The predicted octanol–water partition coefficient (Wildman–Crippen LogP) is 2.77. The minimum absolute atomic E-state index is 0. The summed E-state index contributed by atoms with van der Waals surface area (Å²) in [5.41, 5.74) is 2.40. The fraction of sp³-hybridized carbons (Fsp3) is 0.0833. The van der Waals surface area contributed by atoms with Crippen molar-refractivity contribution in [1.82, 2.24) is 0 Å². The van der Waals surface area contributed by atoms with Gasteiger partial charge < -0.3 is 5.48 Å². The highest BCUT2D eigenvalue weighted by Crippen LogP contribution is 2.37. The SMILES string of the molecule is CSC1=Nc2cccc3cccc1c23.O.